The lowest BCUT2D eigenvalue weighted by Crippen LogP contribution is -2.06. The van der Waals surface area contributed by atoms with Gasteiger partial charge >= 0.3 is 18.2 Å². The molecule has 0 spiro atoms. The second-order valence-electron chi connectivity index (χ2n) is 3.43. The van der Waals surface area contributed by atoms with Gasteiger partial charge in [-0.15, -0.1) is 0 Å². The molecule has 100 valence electrons. The molecule has 1 aromatic heterocycles. The minimum absolute atomic E-state index is 0.228. The second-order valence-corrected chi connectivity index (χ2v) is 3.43. The van der Waals surface area contributed by atoms with Gasteiger partial charge in [-0.2, -0.15) is 18.2 Å². The number of rotatable bonds is 2. The molecule has 0 fully saturated rings. The first-order valence-electron chi connectivity index (χ1n) is 4.87. The fraction of sp³-hybridized carbons (Fsp3) is 0.100. The summed E-state index contributed by atoms with van der Waals surface area (Å²) in [4.78, 5) is 13.6. The zero-order chi connectivity index (χ0) is 14.0. The minimum Gasteiger partial charge on any atom is -0.465 e. The smallest absolute Gasteiger partial charge is 0.465 e. The van der Waals surface area contributed by atoms with E-state index in [9.17, 15) is 18.0 Å². The minimum atomic E-state index is -4.70. The van der Waals surface area contributed by atoms with E-state index in [1.54, 1.807) is 0 Å². The molecule has 0 saturated heterocycles. The molecule has 1 amide bonds. The van der Waals surface area contributed by atoms with E-state index in [4.69, 9.17) is 5.11 Å². The van der Waals surface area contributed by atoms with Crippen molar-refractivity contribution in [1.82, 2.24) is 10.1 Å². The van der Waals surface area contributed by atoms with E-state index in [1.807, 2.05) is 0 Å². The predicted octanol–water partition coefficient (Wildman–Crippen LogP) is 2.85. The first kappa shape index (κ1) is 12.9. The Labute approximate surface area is 103 Å². The fourth-order valence-corrected chi connectivity index (χ4v) is 1.28. The summed E-state index contributed by atoms with van der Waals surface area (Å²) >= 11 is 0. The number of carbonyl (C=O) groups is 1. The Morgan fingerprint density at radius 1 is 1.26 bits per heavy atom. The van der Waals surface area contributed by atoms with Crippen molar-refractivity contribution in [2.45, 2.75) is 6.18 Å². The normalized spacial score (nSPS) is 11.3. The van der Waals surface area contributed by atoms with E-state index in [0.29, 0.717) is 0 Å². The van der Waals surface area contributed by atoms with Crippen molar-refractivity contribution in [1.29, 1.82) is 0 Å². The first-order chi connectivity index (χ1) is 8.86. The van der Waals surface area contributed by atoms with Crippen LogP contribution in [0, 0.1) is 0 Å². The molecule has 0 saturated carbocycles. The highest BCUT2D eigenvalue weighted by molar-refractivity contribution is 5.83. The third kappa shape index (κ3) is 3.00. The van der Waals surface area contributed by atoms with Crippen LogP contribution in [0.2, 0.25) is 0 Å². The zero-order valence-corrected chi connectivity index (χ0v) is 9.10. The molecule has 0 aliphatic carbocycles. The number of amides is 1. The van der Waals surface area contributed by atoms with E-state index in [-0.39, 0.29) is 17.1 Å². The van der Waals surface area contributed by atoms with Crippen molar-refractivity contribution in [2.24, 2.45) is 0 Å². The summed E-state index contributed by atoms with van der Waals surface area (Å²) in [5.74, 6) is -1.66. The average molecular weight is 273 g/mol. The van der Waals surface area contributed by atoms with Gasteiger partial charge in [0, 0.05) is 11.3 Å². The molecule has 0 aliphatic rings. The molecule has 19 heavy (non-hydrogen) atoms. The Morgan fingerprint density at radius 2 is 1.89 bits per heavy atom. The molecule has 2 rings (SSSR count). The van der Waals surface area contributed by atoms with Crippen LogP contribution in [0.25, 0.3) is 11.4 Å². The van der Waals surface area contributed by atoms with Crippen molar-refractivity contribution in [3.05, 3.63) is 30.2 Å². The number of aromatic nitrogens is 2. The van der Waals surface area contributed by atoms with Gasteiger partial charge in [0.2, 0.25) is 5.82 Å². The van der Waals surface area contributed by atoms with Crippen molar-refractivity contribution in [2.75, 3.05) is 5.32 Å². The van der Waals surface area contributed by atoms with Crippen molar-refractivity contribution >= 4 is 11.8 Å². The van der Waals surface area contributed by atoms with Gasteiger partial charge in [-0.3, -0.25) is 5.32 Å². The lowest BCUT2D eigenvalue weighted by molar-refractivity contribution is -0.159. The number of hydrogen-bond acceptors (Lipinski definition) is 4. The molecule has 0 aliphatic heterocycles. The number of halogens is 3. The molecule has 1 heterocycles. The highest BCUT2D eigenvalue weighted by atomic mass is 19.4. The molecule has 6 nitrogen and oxygen atoms in total. The van der Waals surface area contributed by atoms with E-state index in [0.717, 1.165) is 0 Å². The van der Waals surface area contributed by atoms with Gasteiger partial charge in [0.05, 0.1) is 0 Å². The standard InChI is InChI=1S/C10H6F3N3O3/c11-10(12,13)8-15-7(16-19-8)5-1-3-6(4-2-5)14-9(17)18/h1-4,14H,(H,17,18). The zero-order valence-electron chi connectivity index (χ0n) is 9.10. The summed E-state index contributed by atoms with van der Waals surface area (Å²) in [6.07, 6.45) is -5.94. The van der Waals surface area contributed by atoms with Crippen LogP contribution in [-0.2, 0) is 6.18 Å². The van der Waals surface area contributed by atoms with Crippen LogP contribution in [-0.4, -0.2) is 21.3 Å². The van der Waals surface area contributed by atoms with Crippen LogP contribution in [0.3, 0.4) is 0 Å². The molecular formula is C10H6F3N3O3. The molecule has 0 radical (unpaired) electrons. The molecule has 0 atom stereocenters. The third-order valence-corrected chi connectivity index (χ3v) is 2.06. The summed E-state index contributed by atoms with van der Waals surface area (Å²) < 4.78 is 40.8. The van der Waals surface area contributed by atoms with Gasteiger partial charge in [-0.05, 0) is 24.3 Å². The van der Waals surface area contributed by atoms with Crippen LogP contribution in [0.15, 0.2) is 28.8 Å². The topological polar surface area (TPSA) is 88.2 Å². The van der Waals surface area contributed by atoms with Crippen molar-refractivity contribution in [3.63, 3.8) is 0 Å². The summed E-state index contributed by atoms with van der Waals surface area (Å²) in [6, 6.07) is 5.48. The maximum Gasteiger partial charge on any atom is 0.471 e. The Kier molecular flexibility index (Phi) is 3.11. The van der Waals surface area contributed by atoms with Crippen LogP contribution in [0.5, 0.6) is 0 Å². The lowest BCUT2D eigenvalue weighted by Gasteiger charge is -2.00. The number of hydrogen-bond donors (Lipinski definition) is 2. The Hall–Kier alpha value is -2.58. The average Bonchev–Trinajstić information content (AvgIpc) is 2.78. The van der Waals surface area contributed by atoms with Gasteiger partial charge in [-0.25, -0.2) is 4.79 Å². The molecule has 2 aromatic rings. The molecule has 0 unspecified atom stereocenters. The number of alkyl halides is 3. The first-order valence-corrected chi connectivity index (χ1v) is 4.87. The quantitative estimate of drug-likeness (QED) is 0.878. The number of benzene rings is 1. The highest BCUT2D eigenvalue weighted by Crippen LogP contribution is 2.29. The maximum atomic E-state index is 12.3. The monoisotopic (exact) mass is 273 g/mol. The second kappa shape index (κ2) is 4.59. The fourth-order valence-electron chi connectivity index (χ4n) is 1.28. The van der Waals surface area contributed by atoms with E-state index in [2.05, 4.69) is 20.0 Å². The van der Waals surface area contributed by atoms with E-state index >= 15 is 0 Å². The van der Waals surface area contributed by atoms with Gasteiger partial charge in [-0.1, -0.05) is 5.16 Å². The Balaban J connectivity index is 2.23. The van der Waals surface area contributed by atoms with E-state index in [1.165, 1.54) is 24.3 Å². The Morgan fingerprint density at radius 3 is 2.37 bits per heavy atom. The number of nitrogens with one attached hydrogen (secondary N) is 1. The highest BCUT2D eigenvalue weighted by Gasteiger charge is 2.38. The van der Waals surface area contributed by atoms with Crippen LogP contribution < -0.4 is 5.32 Å². The third-order valence-electron chi connectivity index (χ3n) is 2.06. The Bertz CT molecular complexity index is 592. The van der Waals surface area contributed by atoms with Crippen molar-refractivity contribution < 1.29 is 27.6 Å². The van der Waals surface area contributed by atoms with Crippen LogP contribution >= 0.6 is 0 Å². The number of carboxylic acid groups (broad SMARTS) is 1. The molecule has 0 bridgehead atoms. The summed E-state index contributed by atoms with van der Waals surface area (Å²) in [7, 11) is 0. The van der Waals surface area contributed by atoms with Crippen molar-refractivity contribution in [3.8, 4) is 11.4 Å². The van der Waals surface area contributed by atoms with E-state index < -0.39 is 18.2 Å². The molecule has 9 heteroatoms. The van der Waals surface area contributed by atoms with Crippen LogP contribution in [0.1, 0.15) is 5.89 Å². The number of anilines is 1. The molecular weight excluding hydrogens is 267 g/mol. The molecule has 1 aromatic carbocycles. The largest absolute Gasteiger partial charge is 0.471 e. The van der Waals surface area contributed by atoms with Gasteiger partial charge in [0.15, 0.2) is 0 Å². The summed E-state index contributed by atoms with van der Waals surface area (Å²) in [5.41, 5.74) is 0.547. The number of nitrogens with zero attached hydrogens (tertiary/aromatic N) is 2. The van der Waals surface area contributed by atoms with Gasteiger partial charge in [0.25, 0.3) is 0 Å². The molecule has 2 N–H and O–H groups in total. The van der Waals surface area contributed by atoms with Crippen LogP contribution in [0.4, 0.5) is 23.7 Å². The SMILES string of the molecule is O=C(O)Nc1ccc(-c2noc(C(F)(F)F)n2)cc1. The lowest BCUT2D eigenvalue weighted by atomic mass is 10.2. The maximum absolute atomic E-state index is 12.3. The van der Waals surface area contributed by atoms with Gasteiger partial charge in [0.1, 0.15) is 0 Å². The predicted molar refractivity (Wildman–Crippen MR) is 56.4 cm³/mol. The summed E-state index contributed by atoms with van der Waals surface area (Å²) in [5, 5.41) is 13.8. The summed E-state index contributed by atoms with van der Waals surface area (Å²) in [6.45, 7) is 0. The van der Waals surface area contributed by atoms with Gasteiger partial charge < -0.3 is 9.63 Å².